The Bertz CT molecular complexity index is 647. The predicted molar refractivity (Wildman–Crippen MR) is 83.2 cm³/mol. The summed E-state index contributed by atoms with van der Waals surface area (Å²) in [5, 5.41) is 2.61. The fraction of sp³-hybridized carbons (Fsp3) is 0.533. The quantitative estimate of drug-likeness (QED) is 0.859. The molecule has 1 aromatic carbocycles. The van der Waals surface area contributed by atoms with E-state index in [1.807, 2.05) is 6.92 Å². The van der Waals surface area contributed by atoms with Crippen molar-refractivity contribution in [3.05, 3.63) is 24.3 Å². The summed E-state index contributed by atoms with van der Waals surface area (Å²) < 4.78 is 30.7. The number of rotatable bonds is 6. The molecular formula is C15H20N2O4S. The number of carbonyl (C=O) groups is 1. The average molecular weight is 324 g/mol. The summed E-state index contributed by atoms with van der Waals surface area (Å²) in [5.74, 6) is 0.359. The molecule has 0 unspecified atom stereocenters. The van der Waals surface area contributed by atoms with E-state index in [-0.39, 0.29) is 17.1 Å². The van der Waals surface area contributed by atoms with Crippen molar-refractivity contribution < 1.29 is 17.9 Å². The maximum Gasteiger partial charge on any atom is 0.230 e. The average Bonchev–Trinajstić information content (AvgIpc) is 3.24. The Morgan fingerprint density at radius 1 is 1.27 bits per heavy atom. The maximum absolute atomic E-state index is 12.1. The van der Waals surface area contributed by atoms with Gasteiger partial charge in [0.25, 0.3) is 0 Å². The van der Waals surface area contributed by atoms with Crippen LogP contribution >= 0.6 is 0 Å². The summed E-state index contributed by atoms with van der Waals surface area (Å²) in [6.07, 6.45) is 1.50. The van der Waals surface area contributed by atoms with Crippen molar-refractivity contribution in [3.63, 3.8) is 0 Å². The minimum absolute atomic E-state index is 0.133. The van der Waals surface area contributed by atoms with Gasteiger partial charge in [0, 0.05) is 18.8 Å². The Kier molecular flexibility index (Phi) is 4.10. The van der Waals surface area contributed by atoms with Crippen LogP contribution in [0.25, 0.3) is 0 Å². The van der Waals surface area contributed by atoms with E-state index in [1.54, 1.807) is 24.3 Å². The lowest BCUT2D eigenvalue weighted by Crippen LogP contribution is -2.55. The number of carbonyl (C=O) groups excluding carboxylic acids is 1. The highest BCUT2D eigenvalue weighted by molar-refractivity contribution is 7.90. The Labute approximate surface area is 130 Å². The highest BCUT2D eigenvalue weighted by atomic mass is 32.2. The Balaban J connectivity index is 1.51. The van der Waals surface area contributed by atoms with Gasteiger partial charge in [-0.1, -0.05) is 0 Å². The second-order valence-electron chi connectivity index (χ2n) is 5.70. The van der Waals surface area contributed by atoms with E-state index in [9.17, 15) is 13.2 Å². The third-order valence-electron chi connectivity index (χ3n) is 3.96. The second kappa shape index (κ2) is 5.89. The molecule has 1 aliphatic heterocycles. The molecule has 120 valence electrons. The topological polar surface area (TPSA) is 75.7 Å². The summed E-state index contributed by atoms with van der Waals surface area (Å²) in [4.78, 5) is 12.1. The molecule has 0 aromatic heterocycles. The first-order valence-corrected chi connectivity index (χ1v) is 9.03. The fourth-order valence-corrected chi connectivity index (χ4v) is 4.36. The molecule has 6 nitrogen and oxygen atoms in total. The Hall–Kier alpha value is -1.60. The molecule has 0 radical (unpaired) electrons. The number of hydrogen-bond donors (Lipinski definition) is 1. The lowest BCUT2D eigenvalue weighted by Gasteiger charge is -2.37. The monoisotopic (exact) mass is 324 g/mol. The fourth-order valence-electron chi connectivity index (χ4n) is 2.43. The molecule has 0 spiro atoms. The molecule has 1 heterocycles. The van der Waals surface area contributed by atoms with Crippen molar-refractivity contribution in [2.45, 2.75) is 25.0 Å². The first-order chi connectivity index (χ1) is 10.5. The van der Waals surface area contributed by atoms with E-state index >= 15 is 0 Å². The van der Waals surface area contributed by atoms with Crippen LogP contribution in [0.2, 0.25) is 0 Å². The Morgan fingerprint density at radius 3 is 2.45 bits per heavy atom. The van der Waals surface area contributed by atoms with Crippen LogP contribution in [0.1, 0.15) is 19.8 Å². The number of nitrogens with one attached hydrogen (secondary N) is 1. The lowest BCUT2D eigenvalue weighted by molar-refractivity contribution is -0.122. The summed E-state index contributed by atoms with van der Waals surface area (Å²) >= 11 is 0. The van der Waals surface area contributed by atoms with E-state index in [0.717, 1.165) is 18.6 Å². The van der Waals surface area contributed by atoms with Crippen molar-refractivity contribution in [1.82, 2.24) is 4.31 Å². The van der Waals surface area contributed by atoms with Crippen molar-refractivity contribution in [1.29, 1.82) is 0 Å². The molecule has 1 saturated carbocycles. The van der Waals surface area contributed by atoms with Gasteiger partial charge in [0.15, 0.2) is 0 Å². The first-order valence-electron chi connectivity index (χ1n) is 7.53. The summed E-state index contributed by atoms with van der Waals surface area (Å²) in [6.45, 7) is 3.09. The molecule has 1 amide bonds. The number of amides is 1. The van der Waals surface area contributed by atoms with Gasteiger partial charge in [0.2, 0.25) is 15.9 Å². The minimum atomic E-state index is -3.14. The maximum atomic E-state index is 12.1. The highest BCUT2D eigenvalue weighted by Crippen LogP contribution is 2.34. The molecule has 22 heavy (non-hydrogen) atoms. The number of ether oxygens (including phenoxy) is 1. The molecular weight excluding hydrogens is 304 g/mol. The van der Waals surface area contributed by atoms with E-state index in [4.69, 9.17) is 4.74 Å². The van der Waals surface area contributed by atoms with Crippen LogP contribution in [0, 0.1) is 5.92 Å². The number of anilines is 1. The predicted octanol–water partition coefficient (Wildman–Crippen LogP) is 1.45. The standard InChI is InChI=1S/C15H20N2O4S/c1-2-21-13-5-3-12(4-6-13)16-15(18)11-9-17(10-11)22(19,20)14-7-8-14/h3-6,11,14H,2,7-10H2,1H3,(H,16,18). The van der Waals surface area contributed by atoms with Gasteiger partial charge in [-0.05, 0) is 44.0 Å². The highest BCUT2D eigenvalue weighted by Gasteiger charge is 2.46. The van der Waals surface area contributed by atoms with Crippen LogP contribution in [0.15, 0.2) is 24.3 Å². The zero-order valence-corrected chi connectivity index (χ0v) is 13.3. The number of nitrogens with zero attached hydrogens (tertiary/aromatic N) is 1. The largest absolute Gasteiger partial charge is 0.494 e. The zero-order valence-electron chi connectivity index (χ0n) is 12.5. The molecule has 3 rings (SSSR count). The third kappa shape index (κ3) is 3.10. The second-order valence-corrected chi connectivity index (χ2v) is 7.92. The van der Waals surface area contributed by atoms with Gasteiger partial charge in [-0.25, -0.2) is 8.42 Å². The van der Waals surface area contributed by atoms with Gasteiger partial charge in [-0.15, -0.1) is 0 Å². The Morgan fingerprint density at radius 2 is 1.91 bits per heavy atom. The molecule has 1 saturated heterocycles. The summed E-state index contributed by atoms with van der Waals surface area (Å²) in [6, 6.07) is 7.15. The van der Waals surface area contributed by atoms with Crippen LogP contribution in [-0.4, -0.2) is 43.6 Å². The van der Waals surface area contributed by atoms with Crippen molar-refractivity contribution in [2.75, 3.05) is 25.0 Å². The smallest absolute Gasteiger partial charge is 0.230 e. The van der Waals surface area contributed by atoms with Gasteiger partial charge < -0.3 is 10.1 Å². The summed E-state index contributed by atoms with van der Waals surface area (Å²) in [7, 11) is -3.14. The molecule has 2 aliphatic rings. The van der Waals surface area contributed by atoms with Gasteiger partial charge in [-0.2, -0.15) is 4.31 Å². The van der Waals surface area contributed by atoms with Crippen molar-refractivity contribution in [3.8, 4) is 5.75 Å². The SMILES string of the molecule is CCOc1ccc(NC(=O)C2CN(S(=O)(=O)C3CC3)C2)cc1. The molecule has 2 fully saturated rings. The third-order valence-corrected chi connectivity index (χ3v) is 6.29. The van der Waals surface area contributed by atoms with Gasteiger partial charge >= 0.3 is 0 Å². The number of benzene rings is 1. The minimum Gasteiger partial charge on any atom is -0.494 e. The van der Waals surface area contributed by atoms with Gasteiger partial charge in [0.1, 0.15) is 5.75 Å². The van der Waals surface area contributed by atoms with E-state index in [0.29, 0.717) is 25.4 Å². The molecule has 1 aliphatic carbocycles. The first kappa shape index (κ1) is 15.3. The molecule has 1 N–H and O–H groups in total. The van der Waals surface area contributed by atoms with Crippen molar-refractivity contribution >= 4 is 21.6 Å². The van der Waals surface area contributed by atoms with Gasteiger partial charge in [-0.3, -0.25) is 4.79 Å². The van der Waals surface area contributed by atoms with Crippen LogP contribution < -0.4 is 10.1 Å². The van der Waals surface area contributed by atoms with Crippen molar-refractivity contribution in [2.24, 2.45) is 5.92 Å². The van der Waals surface area contributed by atoms with Gasteiger partial charge in [0.05, 0.1) is 17.8 Å². The van der Waals surface area contributed by atoms with E-state index in [1.165, 1.54) is 4.31 Å². The molecule has 0 bridgehead atoms. The summed E-state index contributed by atoms with van der Waals surface area (Å²) in [5.41, 5.74) is 0.692. The number of sulfonamides is 1. The van der Waals surface area contributed by atoms with Crippen LogP contribution in [0.5, 0.6) is 5.75 Å². The lowest BCUT2D eigenvalue weighted by atomic mass is 10.0. The number of hydrogen-bond acceptors (Lipinski definition) is 4. The van der Waals surface area contributed by atoms with Crippen LogP contribution in [0.4, 0.5) is 5.69 Å². The molecule has 0 atom stereocenters. The molecule has 1 aromatic rings. The molecule has 7 heteroatoms. The van der Waals surface area contributed by atoms with Crippen LogP contribution in [-0.2, 0) is 14.8 Å². The van der Waals surface area contributed by atoms with E-state index < -0.39 is 10.0 Å². The zero-order chi connectivity index (χ0) is 15.7. The van der Waals surface area contributed by atoms with Crippen LogP contribution in [0.3, 0.4) is 0 Å². The van der Waals surface area contributed by atoms with E-state index in [2.05, 4.69) is 5.32 Å². The normalized spacial score (nSPS) is 19.5.